The Bertz CT molecular complexity index is 578. The van der Waals surface area contributed by atoms with Crippen LogP contribution in [0.5, 0.6) is 11.6 Å². The number of hydrogen-bond donors (Lipinski definition) is 1. The van der Waals surface area contributed by atoms with E-state index in [1.165, 1.54) is 30.5 Å². The van der Waals surface area contributed by atoms with Gasteiger partial charge in [0.2, 0.25) is 0 Å². The van der Waals surface area contributed by atoms with E-state index in [2.05, 4.69) is 20.9 Å². The number of aromatic nitrogens is 1. The molecule has 0 saturated heterocycles. The SMILES string of the molecule is NCc1ccnc(Oc2ccc(F)cc2Br)c1F. The lowest BCUT2D eigenvalue weighted by Crippen LogP contribution is -2.02. The van der Waals surface area contributed by atoms with Gasteiger partial charge in [0.15, 0.2) is 5.82 Å². The van der Waals surface area contributed by atoms with Crippen LogP contribution in [0.25, 0.3) is 0 Å². The van der Waals surface area contributed by atoms with Gasteiger partial charge in [0, 0.05) is 18.3 Å². The standard InChI is InChI=1S/C12H9BrF2N2O/c13-9-5-8(14)1-2-10(9)18-12-11(15)7(6-16)3-4-17-12/h1-5H,6,16H2. The molecule has 6 heteroatoms. The van der Waals surface area contributed by atoms with E-state index in [9.17, 15) is 8.78 Å². The van der Waals surface area contributed by atoms with Gasteiger partial charge in [-0.15, -0.1) is 0 Å². The summed E-state index contributed by atoms with van der Waals surface area (Å²) in [5.74, 6) is -0.947. The molecule has 2 aromatic rings. The van der Waals surface area contributed by atoms with E-state index in [0.717, 1.165) is 0 Å². The van der Waals surface area contributed by atoms with Gasteiger partial charge in [-0.3, -0.25) is 0 Å². The quantitative estimate of drug-likeness (QED) is 0.945. The zero-order valence-electron chi connectivity index (χ0n) is 9.16. The van der Waals surface area contributed by atoms with Crippen LogP contribution in [0.4, 0.5) is 8.78 Å². The minimum Gasteiger partial charge on any atom is -0.435 e. The number of nitrogens with two attached hydrogens (primary N) is 1. The summed E-state index contributed by atoms with van der Waals surface area (Å²) in [7, 11) is 0. The molecule has 0 saturated carbocycles. The Kier molecular flexibility index (Phi) is 3.88. The molecule has 0 radical (unpaired) electrons. The maximum Gasteiger partial charge on any atom is 0.256 e. The predicted molar refractivity (Wildman–Crippen MR) is 66.3 cm³/mol. The lowest BCUT2D eigenvalue weighted by molar-refractivity contribution is 0.416. The highest BCUT2D eigenvalue weighted by Crippen LogP contribution is 2.30. The van der Waals surface area contributed by atoms with E-state index in [-0.39, 0.29) is 18.2 Å². The first kappa shape index (κ1) is 12.9. The molecule has 94 valence electrons. The maximum absolute atomic E-state index is 13.8. The van der Waals surface area contributed by atoms with Crippen LogP contribution in [-0.2, 0) is 6.54 Å². The summed E-state index contributed by atoms with van der Waals surface area (Å²) in [5, 5.41) is 0. The number of pyridine rings is 1. The first-order valence-electron chi connectivity index (χ1n) is 5.08. The predicted octanol–water partition coefficient (Wildman–Crippen LogP) is 3.37. The minimum absolute atomic E-state index is 0.0509. The van der Waals surface area contributed by atoms with Crippen molar-refractivity contribution in [1.29, 1.82) is 0 Å². The molecule has 18 heavy (non-hydrogen) atoms. The van der Waals surface area contributed by atoms with Gasteiger partial charge in [0.05, 0.1) is 4.47 Å². The first-order chi connectivity index (χ1) is 8.61. The largest absolute Gasteiger partial charge is 0.435 e. The monoisotopic (exact) mass is 314 g/mol. The van der Waals surface area contributed by atoms with E-state index in [4.69, 9.17) is 10.5 Å². The fourth-order valence-electron chi connectivity index (χ4n) is 1.35. The topological polar surface area (TPSA) is 48.1 Å². The molecule has 1 aromatic carbocycles. The van der Waals surface area contributed by atoms with Crippen LogP contribution in [0.3, 0.4) is 0 Å². The second-order valence-corrected chi connectivity index (χ2v) is 4.32. The van der Waals surface area contributed by atoms with Crippen molar-refractivity contribution in [3.8, 4) is 11.6 Å². The fourth-order valence-corrected chi connectivity index (χ4v) is 1.78. The second kappa shape index (κ2) is 5.41. The molecule has 2 rings (SSSR count). The molecule has 0 amide bonds. The van der Waals surface area contributed by atoms with E-state index < -0.39 is 11.6 Å². The summed E-state index contributed by atoms with van der Waals surface area (Å²) in [4.78, 5) is 3.78. The van der Waals surface area contributed by atoms with Gasteiger partial charge in [-0.05, 0) is 40.2 Å². The van der Waals surface area contributed by atoms with Gasteiger partial charge < -0.3 is 10.5 Å². The number of ether oxygens (including phenoxy) is 1. The van der Waals surface area contributed by atoms with Gasteiger partial charge in [0.1, 0.15) is 11.6 Å². The molecule has 0 atom stereocenters. The van der Waals surface area contributed by atoms with Gasteiger partial charge in [0.25, 0.3) is 5.88 Å². The lowest BCUT2D eigenvalue weighted by Gasteiger charge is -2.09. The molecule has 1 aromatic heterocycles. The molecule has 2 N–H and O–H groups in total. The van der Waals surface area contributed by atoms with E-state index in [0.29, 0.717) is 10.0 Å². The molecule has 0 bridgehead atoms. The summed E-state index contributed by atoms with van der Waals surface area (Å²) < 4.78 is 32.4. The Morgan fingerprint density at radius 1 is 1.28 bits per heavy atom. The van der Waals surface area contributed by atoms with Crippen molar-refractivity contribution < 1.29 is 13.5 Å². The van der Waals surface area contributed by atoms with Gasteiger partial charge in [-0.1, -0.05) is 0 Å². The van der Waals surface area contributed by atoms with Crippen molar-refractivity contribution in [2.45, 2.75) is 6.54 Å². The number of nitrogens with zero attached hydrogens (tertiary/aromatic N) is 1. The molecule has 1 heterocycles. The van der Waals surface area contributed by atoms with Crippen molar-refractivity contribution in [2.75, 3.05) is 0 Å². The molecular weight excluding hydrogens is 306 g/mol. The highest BCUT2D eigenvalue weighted by Gasteiger charge is 2.12. The lowest BCUT2D eigenvalue weighted by atomic mass is 10.2. The third kappa shape index (κ3) is 2.65. The molecular formula is C12H9BrF2N2O. The van der Waals surface area contributed by atoms with E-state index in [1.807, 2.05) is 0 Å². The molecule has 0 spiro atoms. The van der Waals surface area contributed by atoms with Crippen molar-refractivity contribution in [3.05, 3.63) is 52.1 Å². The zero-order valence-corrected chi connectivity index (χ0v) is 10.7. The highest BCUT2D eigenvalue weighted by molar-refractivity contribution is 9.10. The summed E-state index contributed by atoms with van der Waals surface area (Å²) in [6.07, 6.45) is 1.40. The average molecular weight is 315 g/mol. The van der Waals surface area contributed by atoms with Crippen molar-refractivity contribution in [1.82, 2.24) is 4.98 Å². The van der Waals surface area contributed by atoms with Crippen molar-refractivity contribution in [3.63, 3.8) is 0 Å². The number of benzene rings is 1. The molecule has 3 nitrogen and oxygen atoms in total. The highest BCUT2D eigenvalue weighted by atomic mass is 79.9. The Hall–Kier alpha value is -1.53. The van der Waals surface area contributed by atoms with Crippen LogP contribution >= 0.6 is 15.9 Å². The summed E-state index contributed by atoms with van der Waals surface area (Å²) in [6, 6.07) is 5.29. The Morgan fingerprint density at radius 2 is 2.06 bits per heavy atom. The van der Waals surface area contributed by atoms with Crippen LogP contribution in [0.2, 0.25) is 0 Å². The van der Waals surface area contributed by atoms with Crippen LogP contribution < -0.4 is 10.5 Å². The molecule has 0 aliphatic carbocycles. The fraction of sp³-hybridized carbons (Fsp3) is 0.0833. The van der Waals surface area contributed by atoms with Crippen LogP contribution in [0.15, 0.2) is 34.9 Å². The Morgan fingerprint density at radius 3 is 2.72 bits per heavy atom. The van der Waals surface area contributed by atoms with E-state index >= 15 is 0 Å². The van der Waals surface area contributed by atoms with Crippen LogP contribution in [0, 0.1) is 11.6 Å². The van der Waals surface area contributed by atoms with E-state index in [1.54, 1.807) is 0 Å². The van der Waals surface area contributed by atoms with Crippen LogP contribution in [0.1, 0.15) is 5.56 Å². The third-order valence-electron chi connectivity index (χ3n) is 2.26. The first-order valence-corrected chi connectivity index (χ1v) is 5.87. The summed E-state index contributed by atoms with van der Waals surface area (Å²) in [6.45, 7) is 0.0509. The number of halogens is 3. The van der Waals surface area contributed by atoms with Crippen LogP contribution in [-0.4, -0.2) is 4.98 Å². The molecule has 0 aliphatic rings. The number of hydrogen-bond acceptors (Lipinski definition) is 3. The molecule has 0 aliphatic heterocycles. The Balaban J connectivity index is 2.34. The van der Waals surface area contributed by atoms with Gasteiger partial charge in [-0.2, -0.15) is 0 Å². The van der Waals surface area contributed by atoms with Crippen molar-refractivity contribution in [2.24, 2.45) is 5.73 Å². The summed E-state index contributed by atoms with van der Waals surface area (Å²) in [5.41, 5.74) is 5.68. The normalized spacial score (nSPS) is 10.4. The minimum atomic E-state index is -0.615. The molecule has 0 unspecified atom stereocenters. The molecule has 0 fully saturated rings. The smallest absolute Gasteiger partial charge is 0.256 e. The maximum atomic E-state index is 13.8. The van der Waals surface area contributed by atoms with Gasteiger partial charge in [-0.25, -0.2) is 13.8 Å². The number of rotatable bonds is 3. The third-order valence-corrected chi connectivity index (χ3v) is 2.88. The Labute approximate surface area is 111 Å². The average Bonchev–Trinajstić information content (AvgIpc) is 2.35. The van der Waals surface area contributed by atoms with Gasteiger partial charge >= 0.3 is 0 Å². The second-order valence-electron chi connectivity index (χ2n) is 3.47. The zero-order chi connectivity index (χ0) is 13.1. The van der Waals surface area contributed by atoms with Crippen molar-refractivity contribution >= 4 is 15.9 Å². The summed E-state index contributed by atoms with van der Waals surface area (Å²) >= 11 is 3.12.